The third kappa shape index (κ3) is 3.92. The molecule has 0 saturated heterocycles. The first-order chi connectivity index (χ1) is 10.4. The minimum Gasteiger partial charge on any atom is -0.369 e. The highest BCUT2D eigenvalue weighted by Crippen LogP contribution is 2.08. The fraction of sp³-hybridized carbons (Fsp3) is 0.286. The van der Waals surface area contributed by atoms with Crippen LogP contribution in [0, 0.1) is 6.92 Å². The smallest absolute Gasteiger partial charge is 0.255 e. The van der Waals surface area contributed by atoms with Gasteiger partial charge in [0, 0.05) is 17.8 Å². The molecule has 0 radical (unpaired) electrons. The molecule has 2 aromatic rings. The largest absolute Gasteiger partial charge is 0.369 e. The number of aromatic nitrogens is 2. The Kier molecular flexibility index (Phi) is 4.94. The molecule has 1 heterocycles. The average Bonchev–Trinajstić information content (AvgIpc) is 2.46. The molecule has 8 heteroatoms. The van der Waals surface area contributed by atoms with E-state index in [1.807, 2.05) is 0 Å². The number of nitrogens with one attached hydrogen (secondary N) is 2. The summed E-state index contributed by atoms with van der Waals surface area (Å²) in [5, 5.41) is 0. The first-order valence-corrected chi connectivity index (χ1v) is 8.28. The molecular formula is C14H18N4O3S. The molecule has 0 amide bonds. The predicted molar refractivity (Wildman–Crippen MR) is 84.0 cm³/mol. The van der Waals surface area contributed by atoms with Gasteiger partial charge in [-0.15, -0.1) is 0 Å². The Balaban J connectivity index is 1.94. The number of benzene rings is 1. The lowest BCUT2D eigenvalue weighted by atomic mass is 10.1. The fourth-order valence-corrected chi connectivity index (χ4v) is 3.18. The second-order valence-electron chi connectivity index (χ2n) is 4.83. The second kappa shape index (κ2) is 6.71. The number of nitrogens with zero attached hydrogens (tertiary/aromatic N) is 1. The lowest BCUT2D eigenvalue weighted by Gasteiger charge is -2.07. The average molecular weight is 322 g/mol. The Morgan fingerprint density at radius 3 is 2.59 bits per heavy atom. The molecule has 2 rings (SSSR count). The maximum absolute atomic E-state index is 12.0. The third-order valence-corrected chi connectivity index (χ3v) is 4.67. The van der Waals surface area contributed by atoms with Gasteiger partial charge in [0.15, 0.2) is 0 Å². The van der Waals surface area contributed by atoms with Crippen LogP contribution in [0.4, 0.5) is 5.95 Å². The summed E-state index contributed by atoms with van der Waals surface area (Å²) in [6.07, 6.45) is 0.910. The molecule has 4 N–H and O–H groups in total. The van der Waals surface area contributed by atoms with Crippen molar-refractivity contribution >= 4 is 16.0 Å². The molecule has 0 atom stereocenters. The normalized spacial score (nSPS) is 11.5. The molecule has 0 aliphatic rings. The van der Waals surface area contributed by atoms with Crippen molar-refractivity contribution in [2.45, 2.75) is 24.7 Å². The highest BCUT2D eigenvalue weighted by atomic mass is 32.2. The van der Waals surface area contributed by atoms with Crippen molar-refractivity contribution in [2.75, 3.05) is 12.3 Å². The number of H-pyrrole nitrogens is 1. The fourth-order valence-electron chi connectivity index (χ4n) is 2.08. The van der Waals surface area contributed by atoms with Crippen molar-refractivity contribution in [3.05, 3.63) is 51.9 Å². The summed E-state index contributed by atoms with van der Waals surface area (Å²) in [4.78, 5) is 18.4. The van der Waals surface area contributed by atoms with Gasteiger partial charge < -0.3 is 5.73 Å². The molecular weight excluding hydrogens is 304 g/mol. The van der Waals surface area contributed by atoms with Gasteiger partial charge in [-0.2, -0.15) is 0 Å². The zero-order chi connectivity index (χ0) is 16.2. The molecule has 22 heavy (non-hydrogen) atoms. The van der Waals surface area contributed by atoms with Gasteiger partial charge in [-0.25, -0.2) is 18.1 Å². The van der Waals surface area contributed by atoms with Crippen LogP contribution in [0.5, 0.6) is 0 Å². The molecule has 118 valence electrons. The molecule has 0 saturated carbocycles. The number of sulfonamides is 1. The van der Waals surface area contributed by atoms with Crippen LogP contribution in [0.3, 0.4) is 0 Å². The molecule has 0 spiro atoms. The van der Waals surface area contributed by atoms with Gasteiger partial charge in [-0.1, -0.05) is 18.2 Å². The number of aryl methyl sites for hydroxylation is 1. The van der Waals surface area contributed by atoms with E-state index < -0.39 is 10.0 Å². The molecule has 7 nitrogen and oxygen atoms in total. The molecule has 1 aromatic carbocycles. The third-order valence-electron chi connectivity index (χ3n) is 3.19. The highest BCUT2D eigenvalue weighted by Gasteiger charge is 2.13. The summed E-state index contributed by atoms with van der Waals surface area (Å²) >= 11 is 0. The molecule has 0 fully saturated rings. The van der Waals surface area contributed by atoms with Crippen molar-refractivity contribution in [1.29, 1.82) is 0 Å². The van der Waals surface area contributed by atoms with Gasteiger partial charge in [-0.3, -0.25) is 9.78 Å². The van der Waals surface area contributed by atoms with Crippen LogP contribution in [0.1, 0.15) is 17.7 Å². The van der Waals surface area contributed by atoms with Crippen LogP contribution >= 0.6 is 0 Å². The van der Waals surface area contributed by atoms with Gasteiger partial charge in [0.1, 0.15) is 0 Å². The minimum atomic E-state index is -3.51. The lowest BCUT2D eigenvalue weighted by molar-refractivity contribution is 0.579. The molecule has 0 aliphatic heterocycles. The zero-order valence-electron chi connectivity index (χ0n) is 12.2. The Morgan fingerprint density at radius 2 is 1.95 bits per heavy atom. The predicted octanol–water partition coefficient (Wildman–Crippen LogP) is 0.572. The summed E-state index contributed by atoms with van der Waals surface area (Å²) < 4.78 is 26.5. The van der Waals surface area contributed by atoms with Crippen molar-refractivity contribution in [2.24, 2.45) is 0 Å². The quantitative estimate of drug-likeness (QED) is 0.672. The van der Waals surface area contributed by atoms with Crippen molar-refractivity contribution < 1.29 is 8.42 Å². The zero-order valence-corrected chi connectivity index (χ0v) is 13.0. The minimum absolute atomic E-state index is 0.0797. The first-order valence-electron chi connectivity index (χ1n) is 6.80. The van der Waals surface area contributed by atoms with E-state index in [1.165, 1.54) is 12.1 Å². The summed E-state index contributed by atoms with van der Waals surface area (Å²) in [6, 6.07) is 8.14. The SMILES string of the molecule is Cc1nc(N)[nH]c(=O)c1CCCNS(=O)(=O)c1ccccc1. The van der Waals surface area contributed by atoms with E-state index in [9.17, 15) is 13.2 Å². The molecule has 0 aliphatic carbocycles. The highest BCUT2D eigenvalue weighted by molar-refractivity contribution is 7.89. The Labute approximate surface area is 128 Å². The van der Waals surface area contributed by atoms with Gasteiger partial charge in [0.25, 0.3) is 5.56 Å². The molecule has 1 aromatic heterocycles. The Morgan fingerprint density at radius 1 is 1.27 bits per heavy atom. The van der Waals surface area contributed by atoms with Gasteiger partial charge in [-0.05, 0) is 31.9 Å². The van der Waals surface area contributed by atoms with E-state index in [0.717, 1.165) is 0 Å². The summed E-state index contributed by atoms with van der Waals surface area (Å²) in [6.45, 7) is 1.94. The Bertz CT molecular complexity index is 801. The number of rotatable bonds is 6. The van der Waals surface area contributed by atoms with E-state index in [4.69, 9.17) is 5.73 Å². The van der Waals surface area contributed by atoms with Crippen LogP contribution in [0.2, 0.25) is 0 Å². The van der Waals surface area contributed by atoms with E-state index in [1.54, 1.807) is 25.1 Å². The standard InChI is InChI=1S/C14H18N4O3S/c1-10-12(13(19)18-14(15)17-10)8-5-9-16-22(20,21)11-6-3-2-4-7-11/h2-4,6-7,16H,5,8-9H2,1H3,(H3,15,17,18,19). The number of aromatic amines is 1. The number of nitrogens with two attached hydrogens (primary N) is 1. The topological polar surface area (TPSA) is 118 Å². The van der Waals surface area contributed by atoms with Crippen molar-refractivity contribution in [3.8, 4) is 0 Å². The van der Waals surface area contributed by atoms with E-state index >= 15 is 0 Å². The van der Waals surface area contributed by atoms with E-state index in [0.29, 0.717) is 24.1 Å². The van der Waals surface area contributed by atoms with Crippen molar-refractivity contribution in [1.82, 2.24) is 14.7 Å². The van der Waals surface area contributed by atoms with Crippen LogP contribution in [0.25, 0.3) is 0 Å². The van der Waals surface area contributed by atoms with Crippen LogP contribution in [-0.2, 0) is 16.4 Å². The summed E-state index contributed by atoms with van der Waals surface area (Å²) in [5.41, 5.74) is 6.25. The second-order valence-corrected chi connectivity index (χ2v) is 6.60. The van der Waals surface area contributed by atoms with Gasteiger partial charge >= 0.3 is 0 Å². The number of nitrogen functional groups attached to an aromatic ring is 1. The van der Waals surface area contributed by atoms with Crippen LogP contribution < -0.4 is 16.0 Å². The van der Waals surface area contributed by atoms with Crippen LogP contribution in [-0.4, -0.2) is 24.9 Å². The van der Waals surface area contributed by atoms with E-state index in [2.05, 4.69) is 14.7 Å². The summed E-state index contributed by atoms with van der Waals surface area (Å²) in [5.74, 6) is 0.0797. The number of hydrogen-bond donors (Lipinski definition) is 3. The number of hydrogen-bond acceptors (Lipinski definition) is 5. The first kappa shape index (κ1) is 16.2. The monoisotopic (exact) mass is 322 g/mol. The summed E-state index contributed by atoms with van der Waals surface area (Å²) in [7, 11) is -3.51. The van der Waals surface area contributed by atoms with Gasteiger partial charge in [0.2, 0.25) is 16.0 Å². The molecule has 0 unspecified atom stereocenters. The van der Waals surface area contributed by atoms with Crippen molar-refractivity contribution in [3.63, 3.8) is 0 Å². The molecule has 0 bridgehead atoms. The van der Waals surface area contributed by atoms with Crippen LogP contribution in [0.15, 0.2) is 40.0 Å². The number of anilines is 1. The van der Waals surface area contributed by atoms with E-state index in [-0.39, 0.29) is 22.9 Å². The maximum Gasteiger partial charge on any atom is 0.255 e. The maximum atomic E-state index is 12.0. The lowest BCUT2D eigenvalue weighted by Crippen LogP contribution is -2.26. The Hall–Kier alpha value is -2.19. The van der Waals surface area contributed by atoms with Gasteiger partial charge in [0.05, 0.1) is 4.90 Å².